The highest BCUT2D eigenvalue weighted by Crippen LogP contribution is 2.39. The second-order valence-corrected chi connectivity index (χ2v) is 6.71. The Morgan fingerprint density at radius 2 is 2.10 bits per heavy atom. The summed E-state index contributed by atoms with van der Waals surface area (Å²) in [5.74, 6) is 0.151. The molecule has 20 heavy (non-hydrogen) atoms. The predicted octanol–water partition coefficient (Wildman–Crippen LogP) is 3.61. The molecular weight excluding hydrogens is 338 g/mol. The van der Waals surface area contributed by atoms with Crippen molar-refractivity contribution in [2.45, 2.75) is 13.8 Å². The van der Waals surface area contributed by atoms with Crippen LogP contribution in [0.5, 0.6) is 0 Å². The topological polar surface area (TPSA) is 71.8 Å². The van der Waals surface area contributed by atoms with E-state index in [0.717, 1.165) is 26.0 Å². The number of hydrogen-bond donors (Lipinski definition) is 2. The average Bonchev–Trinajstić information content (AvgIpc) is 2.68. The molecule has 3 N–H and O–H groups in total. The number of rotatable bonds is 1. The first-order chi connectivity index (χ1) is 9.47. The Hall–Kier alpha value is -1.66. The summed E-state index contributed by atoms with van der Waals surface area (Å²) < 4.78 is 0.960. The Kier molecular flexibility index (Phi) is 3.14. The third kappa shape index (κ3) is 2.05. The van der Waals surface area contributed by atoms with Crippen LogP contribution in [0.4, 0.5) is 5.95 Å². The quantitative estimate of drug-likeness (QED) is 0.704. The first kappa shape index (κ1) is 13.3. The lowest BCUT2D eigenvalue weighted by atomic mass is 10.0. The van der Waals surface area contributed by atoms with Crippen molar-refractivity contribution < 1.29 is 0 Å². The lowest BCUT2D eigenvalue weighted by molar-refractivity contribution is 1.20. The van der Waals surface area contributed by atoms with E-state index in [-0.39, 0.29) is 11.5 Å². The third-order valence-electron chi connectivity index (χ3n) is 3.15. The van der Waals surface area contributed by atoms with Crippen molar-refractivity contribution in [2.24, 2.45) is 0 Å². The largest absolute Gasteiger partial charge is 0.369 e. The summed E-state index contributed by atoms with van der Waals surface area (Å²) in [5, 5.41) is 0.605. The number of thiophene rings is 1. The van der Waals surface area contributed by atoms with Crippen molar-refractivity contribution in [3.05, 3.63) is 43.5 Å². The molecule has 0 fully saturated rings. The van der Waals surface area contributed by atoms with E-state index in [2.05, 4.69) is 32.0 Å². The number of nitrogen functional groups attached to an aromatic ring is 1. The average molecular weight is 350 g/mol. The van der Waals surface area contributed by atoms with Crippen molar-refractivity contribution in [1.82, 2.24) is 9.97 Å². The molecule has 1 aromatic carbocycles. The first-order valence-electron chi connectivity index (χ1n) is 6.03. The second kappa shape index (κ2) is 4.71. The van der Waals surface area contributed by atoms with Crippen molar-refractivity contribution in [1.29, 1.82) is 0 Å². The van der Waals surface area contributed by atoms with Gasteiger partial charge in [-0.25, -0.2) is 4.98 Å². The van der Waals surface area contributed by atoms with Gasteiger partial charge in [0.25, 0.3) is 5.56 Å². The maximum absolute atomic E-state index is 12.2. The Morgan fingerprint density at radius 1 is 1.35 bits per heavy atom. The summed E-state index contributed by atoms with van der Waals surface area (Å²) in [5.41, 5.74) is 8.48. The number of aryl methyl sites for hydroxylation is 2. The molecule has 2 heterocycles. The van der Waals surface area contributed by atoms with Gasteiger partial charge in [-0.2, -0.15) is 0 Å². The Bertz CT molecular complexity index is 882. The number of nitrogens with two attached hydrogens (primary N) is 1. The normalized spacial score (nSPS) is 11.2. The molecule has 0 aliphatic rings. The molecule has 0 amide bonds. The first-order valence-corrected chi connectivity index (χ1v) is 7.63. The number of nitrogens with one attached hydrogen (secondary N) is 1. The highest BCUT2D eigenvalue weighted by molar-refractivity contribution is 9.10. The zero-order valence-electron chi connectivity index (χ0n) is 11.0. The molecule has 2 aromatic heterocycles. The van der Waals surface area contributed by atoms with E-state index in [0.29, 0.717) is 10.2 Å². The van der Waals surface area contributed by atoms with Gasteiger partial charge in [-0.1, -0.05) is 33.6 Å². The molecule has 3 rings (SSSR count). The molecule has 0 radical (unpaired) electrons. The van der Waals surface area contributed by atoms with Crippen LogP contribution >= 0.6 is 27.3 Å². The number of benzene rings is 1. The molecule has 3 aromatic rings. The van der Waals surface area contributed by atoms with Crippen molar-refractivity contribution in [2.75, 3.05) is 5.73 Å². The van der Waals surface area contributed by atoms with Crippen LogP contribution in [0.15, 0.2) is 27.5 Å². The number of anilines is 1. The maximum Gasteiger partial charge on any atom is 0.261 e. The smallest absolute Gasteiger partial charge is 0.261 e. The summed E-state index contributed by atoms with van der Waals surface area (Å²) in [6, 6.07) is 6.08. The maximum atomic E-state index is 12.2. The van der Waals surface area contributed by atoms with E-state index in [1.807, 2.05) is 26.0 Å². The molecule has 102 valence electrons. The van der Waals surface area contributed by atoms with E-state index < -0.39 is 0 Å². The van der Waals surface area contributed by atoms with Crippen LogP contribution in [0.3, 0.4) is 0 Å². The molecule has 6 heteroatoms. The van der Waals surface area contributed by atoms with Gasteiger partial charge < -0.3 is 5.73 Å². The van der Waals surface area contributed by atoms with E-state index in [4.69, 9.17) is 5.73 Å². The fraction of sp³-hybridized carbons (Fsp3) is 0.143. The van der Waals surface area contributed by atoms with Gasteiger partial charge in [0, 0.05) is 14.9 Å². The highest BCUT2D eigenvalue weighted by Gasteiger charge is 2.17. The van der Waals surface area contributed by atoms with Crippen LogP contribution in [0.1, 0.15) is 10.4 Å². The minimum absolute atomic E-state index is 0.151. The van der Waals surface area contributed by atoms with Gasteiger partial charge in [0.2, 0.25) is 5.95 Å². The van der Waals surface area contributed by atoms with Gasteiger partial charge in [0.1, 0.15) is 4.83 Å². The van der Waals surface area contributed by atoms with Gasteiger partial charge in [-0.05, 0) is 25.5 Å². The van der Waals surface area contributed by atoms with E-state index in [9.17, 15) is 4.79 Å². The van der Waals surface area contributed by atoms with Gasteiger partial charge in [0.05, 0.1) is 5.39 Å². The van der Waals surface area contributed by atoms with Gasteiger partial charge >= 0.3 is 0 Å². The second-order valence-electron chi connectivity index (χ2n) is 4.65. The fourth-order valence-corrected chi connectivity index (χ4v) is 3.78. The van der Waals surface area contributed by atoms with Crippen LogP contribution < -0.4 is 11.3 Å². The number of hydrogen-bond acceptors (Lipinski definition) is 4. The lowest BCUT2D eigenvalue weighted by Gasteiger charge is -2.06. The molecule has 0 aliphatic heterocycles. The SMILES string of the molecule is Cc1ccc(Br)c(-c2c(C)sc3nc(N)[nH]c(=O)c23)c1. The molecule has 0 bridgehead atoms. The molecule has 0 atom stereocenters. The number of nitrogens with zero attached hydrogens (tertiary/aromatic N) is 1. The molecular formula is C14H12BrN3OS. The van der Waals surface area contributed by atoms with Crippen LogP contribution in [0.25, 0.3) is 21.3 Å². The fourth-order valence-electron chi connectivity index (χ4n) is 2.29. The lowest BCUT2D eigenvalue weighted by Crippen LogP contribution is -2.10. The Morgan fingerprint density at radius 3 is 2.85 bits per heavy atom. The Balaban J connectivity index is 2.45. The van der Waals surface area contributed by atoms with E-state index >= 15 is 0 Å². The summed E-state index contributed by atoms with van der Waals surface area (Å²) in [4.78, 5) is 20.7. The summed E-state index contributed by atoms with van der Waals surface area (Å²) >= 11 is 5.04. The highest BCUT2D eigenvalue weighted by atomic mass is 79.9. The van der Waals surface area contributed by atoms with Gasteiger partial charge in [-0.15, -0.1) is 11.3 Å². The zero-order chi connectivity index (χ0) is 14.4. The van der Waals surface area contributed by atoms with Gasteiger partial charge in [-0.3, -0.25) is 9.78 Å². The molecule has 0 spiro atoms. The van der Waals surface area contributed by atoms with E-state index in [1.54, 1.807) is 0 Å². The predicted molar refractivity (Wildman–Crippen MR) is 87.3 cm³/mol. The number of halogens is 1. The number of H-pyrrole nitrogens is 1. The number of aromatic nitrogens is 2. The number of fused-ring (bicyclic) bond motifs is 1. The van der Waals surface area contributed by atoms with Crippen LogP contribution in [-0.2, 0) is 0 Å². The number of aromatic amines is 1. The third-order valence-corrected chi connectivity index (χ3v) is 4.84. The van der Waals surface area contributed by atoms with Crippen molar-refractivity contribution in [3.8, 4) is 11.1 Å². The van der Waals surface area contributed by atoms with Crippen LogP contribution in [0, 0.1) is 13.8 Å². The van der Waals surface area contributed by atoms with Crippen molar-refractivity contribution in [3.63, 3.8) is 0 Å². The van der Waals surface area contributed by atoms with E-state index in [1.165, 1.54) is 11.3 Å². The molecule has 0 saturated heterocycles. The minimum Gasteiger partial charge on any atom is -0.369 e. The summed E-state index contributed by atoms with van der Waals surface area (Å²) in [7, 11) is 0. The zero-order valence-corrected chi connectivity index (χ0v) is 13.4. The molecule has 0 saturated carbocycles. The monoisotopic (exact) mass is 349 g/mol. The van der Waals surface area contributed by atoms with Crippen LogP contribution in [-0.4, -0.2) is 9.97 Å². The summed E-state index contributed by atoms with van der Waals surface area (Å²) in [6.45, 7) is 4.02. The van der Waals surface area contributed by atoms with Crippen LogP contribution in [0.2, 0.25) is 0 Å². The Labute approximate surface area is 127 Å². The molecule has 0 aliphatic carbocycles. The minimum atomic E-state index is -0.194. The standard InChI is InChI=1S/C14H12BrN3OS/c1-6-3-4-9(15)8(5-6)10-7(2)20-13-11(10)12(19)17-14(16)18-13/h3-5H,1-2H3,(H3,16,17,18,19). The molecule has 0 unspecified atom stereocenters. The van der Waals surface area contributed by atoms with Crippen molar-refractivity contribution >= 4 is 43.4 Å². The summed E-state index contributed by atoms with van der Waals surface area (Å²) in [6.07, 6.45) is 0. The molecule has 4 nitrogen and oxygen atoms in total. The van der Waals surface area contributed by atoms with Gasteiger partial charge in [0.15, 0.2) is 0 Å².